The van der Waals surface area contributed by atoms with Crippen LogP contribution in [0.25, 0.3) is 11.3 Å². The average molecular weight is 547 g/mol. The lowest BCUT2D eigenvalue weighted by Gasteiger charge is -2.18. The van der Waals surface area contributed by atoms with Gasteiger partial charge in [-0.15, -0.1) is 0 Å². The summed E-state index contributed by atoms with van der Waals surface area (Å²) in [6.07, 6.45) is 3.05. The molecule has 11 heteroatoms. The predicted octanol–water partition coefficient (Wildman–Crippen LogP) is 2.83. The molecule has 0 spiro atoms. The van der Waals surface area contributed by atoms with Crippen molar-refractivity contribution in [3.05, 3.63) is 75.7 Å². The first kappa shape index (κ1) is 29.9. The highest BCUT2D eigenvalue weighted by molar-refractivity contribution is 5.97. The molecule has 0 radical (unpaired) electrons. The summed E-state index contributed by atoms with van der Waals surface area (Å²) in [5, 5.41) is 16.4. The second-order valence-corrected chi connectivity index (χ2v) is 9.85. The Bertz CT molecular complexity index is 1430. The Labute approximate surface area is 233 Å². The first-order valence-electron chi connectivity index (χ1n) is 13.3. The van der Waals surface area contributed by atoms with Crippen LogP contribution in [0, 0.1) is 5.41 Å². The molecule has 2 aromatic carbocycles. The summed E-state index contributed by atoms with van der Waals surface area (Å²) in [5.41, 5.74) is 14.1. The molecule has 0 aliphatic rings. The van der Waals surface area contributed by atoms with E-state index in [1.54, 1.807) is 42.5 Å². The number of hydrogen-bond donors (Lipinski definition) is 6. The van der Waals surface area contributed by atoms with E-state index >= 15 is 0 Å². The molecule has 212 valence electrons. The maximum atomic E-state index is 13.5. The van der Waals surface area contributed by atoms with Gasteiger partial charge < -0.3 is 27.4 Å². The minimum absolute atomic E-state index is 0.00507. The number of rotatable bonds is 12. The van der Waals surface area contributed by atoms with E-state index in [4.69, 9.17) is 16.9 Å². The van der Waals surface area contributed by atoms with E-state index in [0.29, 0.717) is 28.1 Å². The monoisotopic (exact) mass is 546 g/mol. The number of amidine groups is 1. The highest BCUT2D eigenvalue weighted by Gasteiger charge is 2.18. The summed E-state index contributed by atoms with van der Waals surface area (Å²) in [6.45, 7) is 7.75. The third kappa shape index (κ3) is 7.68. The minimum atomic E-state index is -0.466. The van der Waals surface area contributed by atoms with Crippen LogP contribution in [-0.4, -0.2) is 39.3 Å². The minimum Gasteiger partial charge on any atom is -0.399 e. The van der Waals surface area contributed by atoms with Gasteiger partial charge in [0.2, 0.25) is 5.91 Å². The van der Waals surface area contributed by atoms with Crippen molar-refractivity contribution in [2.75, 3.05) is 11.1 Å². The van der Waals surface area contributed by atoms with Crippen LogP contribution in [0.5, 0.6) is 0 Å². The Morgan fingerprint density at radius 2 is 1.70 bits per heavy atom. The maximum Gasteiger partial charge on any atom is 0.294 e. The summed E-state index contributed by atoms with van der Waals surface area (Å²) in [6, 6.07) is 11.8. The number of anilines is 2. The van der Waals surface area contributed by atoms with Crippen LogP contribution in [0.4, 0.5) is 11.5 Å². The van der Waals surface area contributed by atoms with Gasteiger partial charge in [0.05, 0.1) is 11.9 Å². The van der Waals surface area contributed by atoms with Crippen LogP contribution in [0.15, 0.2) is 53.5 Å². The van der Waals surface area contributed by atoms with Crippen LogP contribution in [0.2, 0.25) is 0 Å². The smallest absolute Gasteiger partial charge is 0.294 e. The number of carbonyl (C=O) groups excluding carboxylic acids is 2. The van der Waals surface area contributed by atoms with Gasteiger partial charge in [0, 0.05) is 41.0 Å². The van der Waals surface area contributed by atoms with E-state index in [1.165, 1.54) is 10.8 Å². The molecular formula is C29H38N8O3. The molecule has 0 saturated heterocycles. The number of hydrogen-bond acceptors (Lipinski definition) is 7. The van der Waals surface area contributed by atoms with Crippen molar-refractivity contribution in [1.29, 1.82) is 5.41 Å². The molecule has 3 aromatic rings. The highest BCUT2D eigenvalue weighted by Crippen LogP contribution is 2.23. The van der Waals surface area contributed by atoms with Gasteiger partial charge in [-0.3, -0.25) is 24.4 Å². The molecule has 0 unspecified atom stereocenters. The molecule has 3 rings (SSSR count). The second-order valence-electron chi connectivity index (χ2n) is 9.85. The van der Waals surface area contributed by atoms with E-state index in [9.17, 15) is 14.4 Å². The number of nitrogens with zero attached hydrogens (tertiary/aromatic N) is 2. The summed E-state index contributed by atoms with van der Waals surface area (Å²) < 4.78 is 1.33. The Kier molecular flexibility index (Phi) is 10.0. The summed E-state index contributed by atoms with van der Waals surface area (Å²) in [4.78, 5) is 43.7. The number of amides is 2. The lowest BCUT2D eigenvalue weighted by atomic mass is 10.1. The molecular weight excluding hydrogens is 508 g/mol. The van der Waals surface area contributed by atoms with Crippen molar-refractivity contribution in [3.63, 3.8) is 0 Å². The molecule has 0 fully saturated rings. The van der Waals surface area contributed by atoms with Gasteiger partial charge in [-0.1, -0.05) is 38.1 Å². The molecule has 2 atom stereocenters. The van der Waals surface area contributed by atoms with Crippen molar-refractivity contribution >= 4 is 29.2 Å². The molecule has 2 amide bonds. The van der Waals surface area contributed by atoms with Crippen molar-refractivity contribution in [3.8, 4) is 11.3 Å². The molecule has 40 heavy (non-hydrogen) atoms. The summed E-state index contributed by atoms with van der Waals surface area (Å²) in [7, 11) is 0. The summed E-state index contributed by atoms with van der Waals surface area (Å²) >= 11 is 0. The van der Waals surface area contributed by atoms with E-state index < -0.39 is 11.5 Å². The lowest BCUT2D eigenvalue weighted by molar-refractivity contribution is -0.121. The number of carbonyl (C=O) groups is 2. The first-order chi connectivity index (χ1) is 19.0. The third-order valence-electron chi connectivity index (χ3n) is 6.61. The van der Waals surface area contributed by atoms with Gasteiger partial charge in [-0.2, -0.15) is 0 Å². The number of benzene rings is 2. The van der Waals surface area contributed by atoms with Gasteiger partial charge in [0.1, 0.15) is 12.4 Å². The quantitative estimate of drug-likeness (QED) is 0.115. The Balaban J connectivity index is 1.95. The fraction of sp³-hybridized carbons (Fsp3) is 0.345. The van der Waals surface area contributed by atoms with Gasteiger partial charge in [-0.25, -0.2) is 4.98 Å². The predicted molar refractivity (Wildman–Crippen MR) is 158 cm³/mol. The fourth-order valence-electron chi connectivity index (χ4n) is 3.85. The highest BCUT2D eigenvalue weighted by atomic mass is 16.2. The van der Waals surface area contributed by atoms with Crippen molar-refractivity contribution in [2.24, 2.45) is 5.73 Å². The lowest BCUT2D eigenvalue weighted by Crippen LogP contribution is -2.35. The van der Waals surface area contributed by atoms with Crippen molar-refractivity contribution < 1.29 is 9.59 Å². The first-order valence-corrected chi connectivity index (χ1v) is 13.3. The van der Waals surface area contributed by atoms with Gasteiger partial charge in [-0.05, 0) is 50.5 Å². The zero-order chi connectivity index (χ0) is 29.4. The molecule has 8 N–H and O–H groups in total. The van der Waals surface area contributed by atoms with E-state index in [0.717, 1.165) is 18.4 Å². The third-order valence-corrected chi connectivity index (χ3v) is 6.61. The van der Waals surface area contributed by atoms with E-state index in [2.05, 4.69) is 20.9 Å². The molecule has 0 aliphatic carbocycles. The van der Waals surface area contributed by atoms with Crippen LogP contribution >= 0.6 is 0 Å². The molecule has 0 bridgehead atoms. The Hall–Kier alpha value is -4.67. The van der Waals surface area contributed by atoms with Crippen molar-refractivity contribution in [1.82, 2.24) is 20.2 Å². The molecule has 1 heterocycles. The zero-order valence-corrected chi connectivity index (χ0v) is 23.4. The van der Waals surface area contributed by atoms with Crippen LogP contribution < -0.4 is 33.0 Å². The number of nitrogen functional groups attached to an aromatic ring is 2. The molecule has 0 saturated carbocycles. The van der Waals surface area contributed by atoms with Crippen LogP contribution in [0.3, 0.4) is 0 Å². The zero-order valence-electron chi connectivity index (χ0n) is 23.4. The Morgan fingerprint density at radius 1 is 1.02 bits per heavy atom. The largest absolute Gasteiger partial charge is 0.399 e. The SMILES string of the molecule is CC[C@@H](C)Nc1ncc(-c2cc(N)cc(C(=O)N[C@@H](C)CC)c2)n(CC(=O)NCc2ccc(C(=N)N)cc2)c1=O. The standard InChI is InChI=1S/C29H38N8O3/c1-5-17(3)35-27-29(40)37(16-25(38)33-14-19-7-9-20(10-8-19)26(31)32)24(15-34-27)21-11-22(13-23(30)12-21)28(39)36-18(4)6-2/h7-13,15,17-18H,5-6,14,16,30H2,1-4H3,(H3,31,32)(H,33,38)(H,34,35)(H,36,39)/t17-,18+/m1/s1. The molecule has 1 aromatic heterocycles. The topological polar surface area (TPSA) is 181 Å². The molecule has 0 aliphatic heterocycles. The van der Waals surface area contributed by atoms with Crippen LogP contribution in [0.1, 0.15) is 62.0 Å². The van der Waals surface area contributed by atoms with Crippen molar-refractivity contribution in [2.45, 2.75) is 65.7 Å². The van der Waals surface area contributed by atoms with E-state index in [1.807, 2.05) is 27.7 Å². The average Bonchev–Trinajstić information content (AvgIpc) is 2.93. The second kappa shape index (κ2) is 13.4. The van der Waals surface area contributed by atoms with Gasteiger partial charge in [0.25, 0.3) is 11.5 Å². The maximum absolute atomic E-state index is 13.5. The normalized spacial score (nSPS) is 12.3. The number of aromatic nitrogens is 2. The van der Waals surface area contributed by atoms with Gasteiger partial charge in [0.15, 0.2) is 5.82 Å². The van der Waals surface area contributed by atoms with E-state index in [-0.39, 0.29) is 42.7 Å². The van der Waals surface area contributed by atoms with Crippen LogP contribution in [-0.2, 0) is 17.9 Å². The number of nitrogens with two attached hydrogens (primary N) is 2. The fourth-order valence-corrected chi connectivity index (χ4v) is 3.85. The summed E-state index contributed by atoms with van der Waals surface area (Å²) in [5.74, 6) is -0.583. The Morgan fingerprint density at radius 3 is 2.33 bits per heavy atom. The number of nitrogens with one attached hydrogen (secondary N) is 4. The molecule has 11 nitrogen and oxygen atoms in total. The van der Waals surface area contributed by atoms with Gasteiger partial charge >= 0.3 is 0 Å².